The van der Waals surface area contributed by atoms with Gasteiger partial charge in [-0.1, -0.05) is 11.6 Å². The van der Waals surface area contributed by atoms with Gasteiger partial charge in [0.15, 0.2) is 0 Å². The van der Waals surface area contributed by atoms with Crippen LogP contribution in [-0.4, -0.2) is 36.3 Å². The van der Waals surface area contributed by atoms with Crippen LogP contribution in [0.3, 0.4) is 0 Å². The summed E-state index contributed by atoms with van der Waals surface area (Å²) in [6.07, 6.45) is -4.61. The van der Waals surface area contributed by atoms with Crippen LogP contribution < -0.4 is 4.90 Å². The molecule has 108 valence electrons. The molecular weight excluding hydrogens is 283 g/mol. The topological polar surface area (TPSA) is 38.2 Å². The van der Waals surface area contributed by atoms with Crippen LogP contribution in [0.15, 0.2) is 6.07 Å². The lowest BCUT2D eigenvalue weighted by atomic mass is 10.4. The summed E-state index contributed by atoms with van der Waals surface area (Å²) in [5, 5.41) is -0.229. The average molecular weight is 298 g/mol. The van der Waals surface area contributed by atoms with E-state index >= 15 is 0 Å². The highest BCUT2D eigenvalue weighted by atomic mass is 35.5. The van der Waals surface area contributed by atoms with Gasteiger partial charge in [-0.05, 0) is 13.8 Å². The lowest BCUT2D eigenvalue weighted by Crippen LogP contribution is -2.29. The first-order valence-electron chi connectivity index (χ1n) is 5.83. The minimum atomic E-state index is -4.61. The van der Waals surface area contributed by atoms with Crippen LogP contribution in [0.5, 0.6) is 0 Å². The summed E-state index contributed by atoms with van der Waals surface area (Å²) < 4.78 is 43.0. The molecule has 4 nitrogen and oxygen atoms in total. The van der Waals surface area contributed by atoms with Crippen LogP contribution in [0.25, 0.3) is 0 Å². The van der Waals surface area contributed by atoms with Crippen LogP contribution >= 0.6 is 11.6 Å². The van der Waals surface area contributed by atoms with Crippen molar-refractivity contribution in [3.63, 3.8) is 0 Å². The summed E-state index contributed by atoms with van der Waals surface area (Å²) in [5.41, 5.74) is 0. The molecule has 0 amide bonds. The van der Waals surface area contributed by atoms with Crippen LogP contribution in [0.4, 0.5) is 19.0 Å². The maximum Gasteiger partial charge on any atom is 0.451 e. The molecule has 1 aromatic rings. The maximum absolute atomic E-state index is 12.6. The van der Waals surface area contributed by atoms with E-state index in [1.807, 2.05) is 13.8 Å². The second-order valence-corrected chi connectivity index (χ2v) is 4.03. The van der Waals surface area contributed by atoms with E-state index in [1.54, 1.807) is 4.90 Å². The Bertz CT molecular complexity index is 415. The Morgan fingerprint density at radius 1 is 1.32 bits per heavy atom. The number of halogens is 4. The molecule has 19 heavy (non-hydrogen) atoms. The molecule has 1 aromatic heterocycles. The normalized spacial score (nSPS) is 11.7. The minimum Gasteiger partial charge on any atom is -0.380 e. The monoisotopic (exact) mass is 297 g/mol. The molecule has 0 unspecified atom stereocenters. The van der Waals surface area contributed by atoms with E-state index in [4.69, 9.17) is 16.3 Å². The van der Waals surface area contributed by atoms with Gasteiger partial charge < -0.3 is 9.64 Å². The van der Waals surface area contributed by atoms with Crippen molar-refractivity contribution < 1.29 is 17.9 Å². The molecule has 1 heterocycles. The summed E-state index contributed by atoms with van der Waals surface area (Å²) in [7, 11) is 0. The van der Waals surface area contributed by atoms with Gasteiger partial charge in [0.05, 0.1) is 6.61 Å². The van der Waals surface area contributed by atoms with Gasteiger partial charge in [-0.3, -0.25) is 0 Å². The zero-order valence-electron chi connectivity index (χ0n) is 10.7. The molecule has 0 aliphatic carbocycles. The lowest BCUT2D eigenvalue weighted by molar-refractivity contribution is -0.144. The Balaban J connectivity index is 2.94. The third-order valence-electron chi connectivity index (χ3n) is 2.35. The molecule has 0 saturated carbocycles. The van der Waals surface area contributed by atoms with Gasteiger partial charge in [0.2, 0.25) is 5.82 Å². The number of likely N-dealkylation sites (N-methyl/N-ethyl adjacent to an activating group) is 1. The minimum absolute atomic E-state index is 0.148. The van der Waals surface area contributed by atoms with E-state index in [9.17, 15) is 13.2 Å². The zero-order chi connectivity index (χ0) is 14.5. The lowest BCUT2D eigenvalue weighted by Gasteiger charge is -2.22. The van der Waals surface area contributed by atoms with Gasteiger partial charge in [0.25, 0.3) is 0 Å². The number of ether oxygens (including phenoxy) is 1. The van der Waals surface area contributed by atoms with Crippen molar-refractivity contribution >= 4 is 17.4 Å². The predicted molar refractivity (Wildman–Crippen MR) is 66.4 cm³/mol. The van der Waals surface area contributed by atoms with Gasteiger partial charge in [0.1, 0.15) is 11.0 Å². The Hall–Kier alpha value is -1.08. The first-order valence-corrected chi connectivity index (χ1v) is 6.20. The molecule has 8 heteroatoms. The molecule has 0 fully saturated rings. The second-order valence-electron chi connectivity index (χ2n) is 3.65. The zero-order valence-corrected chi connectivity index (χ0v) is 11.4. The summed E-state index contributed by atoms with van der Waals surface area (Å²) in [5.74, 6) is -1.08. The molecule has 1 rings (SSSR count). The third-order valence-corrected chi connectivity index (χ3v) is 2.54. The van der Waals surface area contributed by atoms with E-state index < -0.39 is 12.0 Å². The first kappa shape index (κ1) is 16.0. The van der Waals surface area contributed by atoms with Crippen LogP contribution in [0, 0.1) is 0 Å². The van der Waals surface area contributed by atoms with Crippen molar-refractivity contribution in [3.8, 4) is 0 Å². The highest BCUT2D eigenvalue weighted by Crippen LogP contribution is 2.29. The van der Waals surface area contributed by atoms with Crippen molar-refractivity contribution in [2.75, 3.05) is 31.2 Å². The van der Waals surface area contributed by atoms with Crippen LogP contribution in [0.1, 0.15) is 19.7 Å². The van der Waals surface area contributed by atoms with E-state index in [-0.39, 0.29) is 11.0 Å². The predicted octanol–water partition coefficient (Wildman–Crippen LogP) is 3.01. The molecule has 0 aliphatic rings. The third kappa shape index (κ3) is 4.83. The van der Waals surface area contributed by atoms with E-state index in [2.05, 4.69) is 9.97 Å². The number of alkyl halides is 3. The van der Waals surface area contributed by atoms with Gasteiger partial charge in [0, 0.05) is 25.8 Å². The largest absolute Gasteiger partial charge is 0.451 e. The molecule has 0 saturated heterocycles. The molecule has 0 aromatic carbocycles. The van der Waals surface area contributed by atoms with Gasteiger partial charge in [-0.25, -0.2) is 9.97 Å². The smallest absolute Gasteiger partial charge is 0.380 e. The Morgan fingerprint density at radius 3 is 2.53 bits per heavy atom. The van der Waals surface area contributed by atoms with Gasteiger partial charge in [-0.2, -0.15) is 13.2 Å². The number of aromatic nitrogens is 2. The van der Waals surface area contributed by atoms with E-state index in [1.165, 1.54) is 6.07 Å². The Morgan fingerprint density at radius 2 is 2.00 bits per heavy atom. The van der Waals surface area contributed by atoms with E-state index in [0.29, 0.717) is 26.3 Å². The number of anilines is 1. The van der Waals surface area contributed by atoms with Gasteiger partial charge >= 0.3 is 6.18 Å². The number of hydrogen-bond acceptors (Lipinski definition) is 4. The van der Waals surface area contributed by atoms with Crippen molar-refractivity contribution in [2.45, 2.75) is 20.0 Å². The molecule has 0 bridgehead atoms. The Labute approximate surface area is 114 Å². The molecule has 0 atom stereocenters. The second kappa shape index (κ2) is 6.91. The average Bonchev–Trinajstić information content (AvgIpc) is 2.33. The fourth-order valence-electron chi connectivity index (χ4n) is 1.45. The number of hydrogen-bond donors (Lipinski definition) is 0. The summed E-state index contributed by atoms with van der Waals surface area (Å²) in [6.45, 7) is 5.56. The van der Waals surface area contributed by atoms with Crippen LogP contribution in [0.2, 0.25) is 5.15 Å². The first-order chi connectivity index (χ1) is 8.88. The standard InChI is InChI=1S/C11H15ClF3N3O/c1-3-18(5-6-19-4-2)9-7-8(12)16-10(17-9)11(13,14)15/h7H,3-6H2,1-2H3. The molecular formula is C11H15ClF3N3O. The fourth-order valence-corrected chi connectivity index (χ4v) is 1.63. The quantitative estimate of drug-likeness (QED) is 0.597. The van der Waals surface area contributed by atoms with E-state index in [0.717, 1.165) is 0 Å². The van der Waals surface area contributed by atoms with Gasteiger partial charge in [-0.15, -0.1) is 0 Å². The SMILES string of the molecule is CCOCCN(CC)c1cc(Cl)nc(C(F)(F)F)n1. The highest BCUT2D eigenvalue weighted by molar-refractivity contribution is 6.29. The van der Waals surface area contributed by atoms with Crippen molar-refractivity contribution in [2.24, 2.45) is 0 Å². The number of rotatable bonds is 6. The number of nitrogens with zero attached hydrogens (tertiary/aromatic N) is 3. The van der Waals surface area contributed by atoms with Crippen molar-refractivity contribution in [1.82, 2.24) is 9.97 Å². The molecule has 0 N–H and O–H groups in total. The summed E-state index contributed by atoms with van der Waals surface area (Å²) in [6, 6.07) is 1.31. The maximum atomic E-state index is 12.6. The van der Waals surface area contributed by atoms with Crippen molar-refractivity contribution in [1.29, 1.82) is 0 Å². The molecule has 0 radical (unpaired) electrons. The Kier molecular flexibility index (Phi) is 5.81. The highest BCUT2D eigenvalue weighted by Gasteiger charge is 2.35. The summed E-state index contributed by atoms with van der Waals surface area (Å²) in [4.78, 5) is 8.35. The molecule has 0 aliphatic heterocycles. The summed E-state index contributed by atoms with van der Waals surface area (Å²) >= 11 is 5.61. The van der Waals surface area contributed by atoms with Crippen LogP contribution in [-0.2, 0) is 10.9 Å². The fraction of sp³-hybridized carbons (Fsp3) is 0.636. The molecule has 0 spiro atoms. The van der Waals surface area contributed by atoms with Crippen molar-refractivity contribution in [3.05, 3.63) is 17.0 Å².